The van der Waals surface area contributed by atoms with Gasteiger partial charge in [0.1, 0.15) is 11.6 Å². The third-order valence-electron chi connectivity index (χ3n) is 2.92. The summed E-state index contributed by atoms with van der Waals surface area (Å²) >= 11 is 0. The van der Waals surface area contributed by atoms with Crippen molar-refractivity contribution >= 4 is 5.78 Å². The first-order valence-corrected chi connectivity index (χ1v) is 5.91. The maximum absolute atomic E-state index is 13.2. The van der Waals surface area contributed by atoms with Crippen molar-refractivity contribution in [2.45, 2.75) is 20.3 Å². The molecule has 0 aliphatic carbocycles. The van der Waals surface area contributed by atoms with E-state index in [9.17, 15) is 9.18 Å². The molecule has 0 amide bonds. The predicted octanol–water partition coefficient (Wildman–Crippen LogP) is 3.93. The highest BCUT2D eigenvalue weighted by molar-refractivity contribution is 5.78. The van der Waals surface area contributed by atoms with E-state index in [1.54, 1.807) is 13.0 Å². The van der Waals surface area contributed by atoms with Crippen LogP contribution in [0.4, 0.5) is 4.39 Å². The molecule has 18 heavy (non-hydrogen) atoms. The molecular formula is C16H15FO. The van der Waals surface area contributed by atoms with Crippen molar-refractivity contribution < 1.29 is 9.18 Å². The first-order valence-electron chi connectivity index (χ1n) is 5.91. The first-order chi connectivity index (χ1) is 8.56. The molecular weight excluding hydrogens is 227 g/mol. The smallest absolute Gasteiger partial charge is 0.134 e. The summed E-state index contributed by atoms with van der Waals surface area (Å²) in [4.78, 5) is 11.0. The third-order valence-corrected chi connectivity index (χ3v) is 2.92. The number of carbonyl (C=O) groups is 1. The third kappa shape index (κ3) is 2.83. The number of hydrogen-bond donors (Lipinski definition) is 0. The average Bonchev–Trinajstić information content (AvgIpc) is 2.33. The van der Waals surface area contributed by atoms with Gasteiger partial charge in [-0.25, -0.2) is 4.39 Å². The van der Waals surface area contributed by atoms with Crippen LogP contribution in [0.3, 0.4) is 0 Å². The lowest BCUT2D eigenvalue weighted by Gasteiger charge is -2.07. The Morgan fingerprint density at radius 1 is 1.11 bits per heavy atom. The molecule has 0 bridgehead atoms. The van der Waals surface area contributed by atoms with Crippen LogP contribution in [0, 0.1) is 12.7 Å². The molecule has 0 heterocycles. The second-order valence-electron chi connectivity index (χ2n) is 4.53. The van der Waals surface area contributed by atoms with E-state index in [4.69, 9.17) is 0 Å². The Labute approximate surface area is 106 Å². The summed E-state index contributed by atoms with van der Waals surface area (Å²) in [6.45, 7) is 3.53. The molecule has 0 N–H and O–H groups in total. The quantitative estimate of drug-likeness (QED) is 0.797. The van der Waals surface area contributed by atoms with Crippen LogP contribution in [0.25, 0.3) is 11.1 Å². The highest BCUT2D eigenvalue weighted by Crippen LogP contribution is 2.24. The minimum absolute atomic E-state index is 0.143. The highest BCUT2D eigenvalue weighted by atomic mass is 19.1. The average molecular weight is 242 g/mol. The van der Waals surface area contributed by atoms with Gasteiger partial charge < -0.3 is 0 Å². The molecule has 0 aliphatic rings. The van der Waals surface area contributed by atoms with Crippen molar-refractivity contribution in [3.63, 3.8) is 0 Å². The van der Waals surface area contributed by atoms with Crippen molar-refractivity contribution in [2.75, 3.05) is 0 Å². The molecule has 0 atom stereocenters. The van der Waals surface area contributed by atoms with Gasteiger partial charge in [0.25, 0.3) is 0 Å². The fourth-order valence-electron chi connectivity index (χ4n) is 1.99. The molecule has 0 aromatic heterocycles. The van der Waals surface area contributed by atoms with E-state index in [1.807, 2.05) is 31.2 Å². The van der Waals surface area contributed by atoms with Gasteiger partial charge >= 0.3 is 0 Å². The molecule has 2 rings (SSSR count). The van der Waals surface area contributed by atoms with Crippen LogP contribution in [0.1, 0.15) is 18.1 Å². The summed E-state index contributed by atoms with van der Waals surface area (Å²) in [5, 5.41) is 0. The number of hydrogen-bond acceptors (Lipinski definition) is 1. The molecule has 1 nitrogen and oxygen atoms in total. The Bertz CT molecular complexity index is 570. The Balaban J connectivity index is 2.34. The molecule has 92 valence electrons. The monoisotopic (exact) mass is 242 g/mol. The second-order valence-corrected chi connectivity index (χ2v) is 4.53. The van der Waals surface area contributed by atoms with Crippen molar-refractivity contribution in [1.82, 2.24) is 0 Å². The number of ketones is 1. The van der Waals surface area contributed by atoms with E-state index in [0.717, 1.165) is 22.3 Å². The normalized spacial score (nSPS) is 10.4. The van der Waals surface area contributed by atoms with E-state index in [2.05, 4.69) is 0 Å². The fourth-order valence-corrected chi connectivity index (χ4v) is 1.99. The van der Waals surface area contributed by atoms with Crippen LogP contribution >= 0.6 is 0 Å². The van der Waals surface area contributed by atoms with Gasteiger partial charge in [-0.1, -0.05) is 30.3 Å². The maximum atomic E-state index is 13.2. The highest BCUT2D eigenvalue weighted by Gasteiger charge is 2.04. The van der Waals surface area contributed by atoms with Crippen LogP contribution in [0.15, 0.2) is 42.5 Å². The number of carbonyl (C=O) groups excluding carboxylic acids is 1. The van der Waals surface area contributed by atoms with Crippen molar-refractivity contribution in [1.29, 1.82) is 0 Å². The topological polar surface area (TPSA) is 17.1 Å². The van der Waals surface area contributed by atoms with Gasteiger partial charge in [-0.15, -0.1) is 0 Å². The van der Waals surface area contributed by atoms with E-state index in [1.165, 1.54) is 12.1 Å². The van der Waals surface area contributed by atoms with Gasteiger partial charge in [0.15, 0.2) is 0 Å². The summed E-state index contributed by atoms with van der Waals surface area (Å²) in [6.07, 6.45) is 0.447. The van der Waals surface area contributed by atoms with Crippen molar-refractivity contribution in [3.8, 4) is 11.1 Å². The van der Waals surface area contributed by atoms with E-state index >= 15 is 0 Å². The Hall–Kier alpha value is -1.96. The molecule has 0 saturated heterocycles. The number of halogens is 1. The lowest BCUT2D eigenvalue weighted by Crippen LogP contribution is -1.95. The van der Waals surface area contributed by atoms with Crippen molar-refractivity contribution in [2.24, 2.45) is 0 Å². The van der Waals surface area contributed by atoms with Crippen molar-refractivity contribution in [3.05, 3.63) is 59.4 Å². The molecule has 2 heteroatoms. The van der Waals surface area contributed by atoms with Crippen LogP contribution in [-0.4, -0.2) is 5.78 Å². The zero-order valence-corrected chi connectivity index (χ0v) is 10.5. The largest absolute Gasteiger partial charge is 0.300 e. The van der Waals surface area contributed by atoms with Crippen LogP contribution in [0.2, 0.25) is 0 Å². The van der Waals surface area contributed by atoms with Gasteiger partial charge in [0.2, 0.25) is 0 Å². The van der Waals surface area contributed by atoms with Gasteiger partial charge in [0, 0.05) is 6.42 Å². The number of rotatable bonds is 3. The molecule has 0 spiro atoms. The Kier molecular flexibility index (Phi) is 3.56. The Morgan fingerprint density at radius 3 is 2.39 bits per heavy atom. The SMILES string of the molecule is CC(=O)Cc1ccc(-c2cc(F)ccc2C)cc1. The molecule has 0 unspecified atom stereocenters. The van der Waals surface area contributed by atoms with Crippen LogP contribution < -0.4 is 0 Å². The van der Waals surface area contributed by atoms with Gasteiger partial charge in [-0.2, -0.15) is 0 Å². The van der Waals surface area contributed by atoms with Crippen LogP contribution in [-0.2, 0) is 11.2 Å². The minimum atomic E-state index is -0.233. The first kappa shape index (κ1) is 12.5. The van der Waals surface area contributed by atoms with E-state index in [-0.39, 0.29) is 11.6 Å². The standard InChI is InChI=1S/C16H15FO/c1-11-3-8-15(17)10-16(11)14-6-4-13(5-7-14)9-12(2)18/h3-8,10H,9H2,1-2H3. The molecule has 2 aromatic carbocycles. The number of aryl methyl sites for hydroxylation is 1. The van der Waals surface area contributed by atoms with E-state index < -0.39 is 0 Å². The number of benzene rings is 2. The summed E-state index contributed by atoms with van der Waals surface area (Å²) in [6, 6.07) is 12.5. The van der Waals surface area contributed by atoms with Gasteiger partial charge in [-0.05, 0) is 48.2 Å². The molecule has 0 fully saturated rings. The molecule has 0 aliphatic heterocycles. The molecule has 0 saturated carbocycles. The van der Waals surface area contributed by atoms with E-state index in [0.29, 0.717) is 6.42 Å². The van der Waals surface area contributed by atoms with Gasteiger partial charge in [0.05, 0.1) is 0 Å². The summed E-state index contributed by atoms with van der Waals surface area (Å²) < 4.78 is 13.2. The minimum Gasteiger partial charge on any atom is -0.300 e. The molecule has 2 aromatic rings. The maximum Gasteiger partial charge on any atom is 0.134 e. The van der Waals surface area contributed by atoms with Gasteiger partial charge in [-0.3, -0.25) is 4.79 Å². The number of Topliss-reactive ketones (excluding diaryl/α,β-unsaturated/α-hetero) is 1. The fraction of sp³-hybridized carbons (Fsp3) is 0.188. The molecule has 0 radical (unpaired) electrons. The lowest BCUT2D eigenvalue weighted by molar-refractivity contribution is -0.116. The summed E-state index contributed by atoms with van der Waals surface area (Å²) in [5.41, 5.74) is 3.89. The second kappa shape index (κ2) is 5.13. The zero-order chi connectivity index (χ0) is 13.1. The lowest BCUT2D eigenvalue weighted by atomic mass is 9.98. The van der Waals surface area contributed by atoms with Crippen LogP contribution in [0.5, 0.6) is 0 Å². The zero-order valence-electron chi connectivity index (χ0n) is 10.5. The predicted molar refractivity (Wildman–Crippen MR) is 71.0 cm³/mol. The summed E-state index contributed by atoms with van der Waals surface area (Å²) in [5.74, 6) is -0.0897. The Morgan fingerprint density at radius 2 is 1.78 bits per heavy atom. The summed E-state index contributed by atoms with van der Waals surface area (Å²) in [7, 11) is 0.